The molecule has 0 radical (unpaired) electrons. The number of halogens is 2. The molecule has 22 heavy (non-hydrogen) atoms. The molecule has 1 aliphatic rings. The van der Waals surface area contributed by atoms with E-state index in [4.69, 9.17) is 37.2 Å². The quantitative estimate of drug-likeness (QED) is 0.478. The van der Waals surface area contributed by atoms with Crippen molar-refractivity contribution in [2.75, 3.05) is 13.2 Å². The van der Waals surface area contributed by atoms with E-state index >= 15 is 0 Å². The van der Waals surface area contributed by atoms with Gasteiger partial charge in [-0.05, 0) is 31.4 Å². The van der Waals surface area contributed by atoms with Crippen LogP contribution in [0.1, 0.15) is 24.2 Å². The van der Waals surface area contributed by atoms with Crippen LogP contribution in [-0.2, 0) is 18.8 Å². The lowest BCUT2D eigenvalue weighted by Gasteiger charge is -2.33. The third kappa shape index (κ3) is 3.81. The van der Waals surface area contributed by atoms with Crippen LogP contribution in [0, 0.1) is 5.41 Å². The van der Waals surface area contributed by atoms with Crippen LogP contribution in [0.5, 0.6) is 0 Å². The summed E-state index contributed by atoms with van der Waals surface area (Å²) < 4.78 is 15.7. The Morgan fingerprint density at radius 3 is 2.50 bits per heavy atom. The Hall–Kier alpha value is -1.08. The number of benzene rings is 1. The predicted octanol–water partition coefficient (Wildman–Crippen LogP) is 3.24. The minimum atomic E-state index is -1.03. The van der Waals surface area contributed by atoms with Gasteiger partial charge in [0.2, 0.25) is 0 Å². The summed E-state index contributed by atoms with van der Waals surface area (Å²) in [7, 11) is -0.331. The molecule has 0 saturated carbocycles. The van der Waals surface area contributed by atoms with Crippen LogP contribution in [0.3, 0.4) is 0 Å². The van der Waals surface area contributed by atoms with Gasteiger partial charge in [0.1, 0.15) is 5.41 Å². The fraction of sp³-hybridized carbons (Fsp3) is 0.429. The van der Waals surface area contributed by atoms with Gasteiger partial charge in [-0.15, -0.1) is 0 Å². The Balaban J connectivity index is 2.03. The van der Waals surface area contributed by atoms with E-state index in [1.165, 1.54) is 18.2 Å². The Morgan fingerprint density at radius 2 is 1.95 bits per heavy atom. The van der Waals surface area contributed by atoms with Crippen molar-refractivity contribution in [3.63, 3.8) is 0 Å². The lowest BCUT2D eigenvalue weighted by Crippen LogP contribution is -2.48. The maximum atomic E-state index is 12.2. The summed E-state index contributed by atoms with van der Waals surface area (Å²) in [5.41, 5.74) is -0.952. The van der Waals surface area contributed by atoms with Crippen molar-refractivity contribution < 1.29 is 23.6 Å². The van der Waals surface area contributed by atoms with Crippen LogP contribution in [0.25, 0.3) is 0 Å². The molecule has 8 heteroatoms. The molecule has 0 aromatic heterocycles. The summed E-state index contributed by atoms with van der Waals surface area (Å²) in [5.74, 6) is -1.54. The molecule has 5 nitrogen and oxygen atoms in total. The summed E-state index contributed by atoms with van der Waals surface area (Å²) in [6, 6.07) is 4.31. The van der Waals surface area contributed by atoms with Crippen LogP contribution in [-0.4, -0.2) is 32.3 Å². The van der Waals surface area contributed by atoms with Crippen LogP contribution in [0.4, 0.5) is 0 Å². The van der Waals surface area contributed by atoms with E-state index in [-0.39, 0.29) is 30.9 Å². The van der Waals surface area contributed by atoms with E-state index in [0.29, 0.717) is 11.3 Å². The van der Waals surface area contributed by atoms with Gasteiger partial charge in [0, 0.05) is 18.2 Å². The van der Waals surface area contributed by atoms with Crippen molar-refractivity contribution in [2.45, 2.75) is 20.2 Å². The molecule has 0 spiro atoms. The molecular formula is C14H15BCl2O5. The molecule has 0 aliphatic carbocycles. The zero-order chi connectivity index (χ0) is 16.3. The molecule has 1 fully saturated rings. The second-order valence-electron chi connectivity index (χ2n) is 5.32. The fourth-order valence-corrected chi connectivity index (χ4v) is 2.40. The maximum absolute atomic E-state index is 12.2. The van der Waals surface area contributed by atoms with Gasteiger partial charge in [-0.2, -0.15) is 0 Å². The van der Waals surface area contributed by atoms with E-state index in [9.17, 15) is 9.59 Å². The molecule has 0 unspecified atom stereocenters. The average molecular weight is 345 g/mol. The summed E-state index contributed by atoms with van der Waals surface area (Å²) in [4.78, 5) is 24.2. The van der Waals surface area contributed by atoms with Gasteiger partial charge < -0.3 is 14.0 Å². The standard InChI is InChI=1S/C14H15BCl2O5/c1-3-15-20-7-14(2,8-21-15)13(19)22-12(18)10-5-4-9(16)6-11(10)17/h4-6H,3,7-8H2,1-2H3. The third-order valence-corrected chi connectivity index (χ3v) is 3.89. The Morgan fingerprint density at radius 1 is 1.32 bits per heavy atom. The number of ether oxygens (including phenoxy) is 1. The first-order chi connectivity index (χ1) is 10.4. The normalized spacial score (nSPS) is 17.2. The lowest BCUT2D eigenvalue weighted by molar-refractivity contribution is -0.155. The lowest BCUT2D eigenvalue weighted by atomic mass is 9.80. The zero-order valence-electron chi connectivity index (χ0n) is 12.2. The number of carbonyl (C=O) groups excluding carboxylic acids is 2. The highest BCUT2D eigenvalue weighted by Gasteiger charge is 2.42. The number of hydrogen-bond donors (Lipinski definition) is 0. The smallest absolute Gasteiger partial charge is 0.410 e. The largest absolute Gasteiger partial charge is 0.456 e. The summed E-state index contributed by atoms with van der Waals surface area (Å²) in [5, 5.41) is 0.511. The maximum Gasteiger partial charge on any atom is 0.456 e. The first-order valence-corrected chi connectivity index (χ1v) is 7.56. The van der Waals surface area contributed by atoms with Gasteiger partial charge in [-0.3, -0.25) is 4.79 Å². The SMILES string of the molecule is CCB1OCC(C)(C(=O)OC(=O)c2ccc(Cl)cc2Cl)CO1. The highest BCUT2D eigenvalue weighted by Crippen LogP contribution is 2.27. The van der Waals surface area contributed by atoms with Gasteiger partial charge in [-0.25, -0.2) is 4.79 Å². The molecule has 1 aliphatic heterocycles. The molecule has 1 heterocycles. The average Bonchev–Trinajstić information content (AvgIpc) is 2.47. The number of carbonyl (C=O) groups is 2. The highest BCUT2D eigenvalue weighted by atomic mass is 35.5. The van der Waals surface area contributed by atoms with Crippen molar-refractivity contribution >= 4 is 42.3 Å². The van der Waals surface area contributed by atoms with Crippen LogP contribution in [0.15, 0.2) is 18.2 Å². The Bertz CT molecular complexity index is 585. The Kier molecular flexibility index (Phi) is 5.50. The van der Waals surface area contributed by atoms with Crippen LogP contribution < -0.4 is 0 Å². The molecule has 118 valence electrons. The van der Waals surface area contributed by atoms with E-state index in [0.717, 1.165) is 0 Å². The van der Waals surface area contributed by atoms with Gasteiger partial charge >= 0.3 is 19.1 Å². The molecule has 0 atom stereocenters. The van der Waals surface area contributed by atoms with E-state index in [1.807, 2.05) is 6.92 Å². The molecule has 1 aromatic carbocycles. The Labute approximate surface area is 139 Å². The monoisotopic (exact) mass is 344 g/mol. The zero-order valence-corrected chi connectivity index (χ0v) is 13.7. The van der Waals surface area contributed by atoms with Gasteiger partial charge in [-0.1, -0.05) is 30.1 Å². The first-order valence-electron chi connectivity index (χ1n) is 6.80. The summed E-state index contributed by atoms with van der Waals surface area (Å²) in [6.07, 6.45) is 0.685. The van der Waals surface area contributed by atoms with Crippen LogP contribution in [0.2, 0.25) is 16.4 Å². The van der Waals surface area contributed by atoms with E-state index < -0.39 is 17.4 Å². The van der Waals surface area contributed by atoms with Gasteiger partial charge in [0.05, 0.1) is 10.6 Å². The number of esters is 2. The molecule has 0 N–H and O–H groups in total. The molecule has 0 amide bonds. The second kappa shape index (κ2) is 7.00. The highest BCUT2D eigenvalue weighted by molar-refractivity contribution is 6.44. The van der Waals surface area contributed by atoms with Gasteiger partial charge in [0.15, 0.2) is 0 Å². The van der Waals surface area contributed by atoms with Crippen molar-refractivity contribution in [1.82, 2.24) is 0 Å². The van der Waals surface area contributed by atoms with Crippen LogP contribution >= 0.6 is 23.2 Å². The first kappa shape index (κ1) is 17.3. The van der Waals surface area contributed by atoms with E-state index in [2.05, 4.69) is 0 Å². The predicted molar refractivity (Wildman–Crippen MR) is 83.1 cm³/mol. The second-order valence-corrected chi connectivity index (χ2v) is 6.17. The van der Waals surface area contributed by atoms with Crippen molar-refractivity contribution in [2.24, 2.45) is 5.41 Å². The molecule has 1 aromatic rings. The van der Waals surface area contributed by atoms with Crippen molar-refractivity contribution in [1.29, 1.82) is 0 Å². The molecular weight excluding hydrogens is 330 g/mol. The third-order valence-electron chi connectivity index (χ3n) is 3.34. The fourth-order valence-electron chi connectivity index (χ4n) is 1.91. The van der Waals surface area contributed by atoms with Crippen molar-refractivity contribution in [3.8, 4) is 0 Å². The number of rotatable bonds is 3. The van der Waals surface area contributed by atoms with Crippen molar-refractivity contribution in [3.05, 3.63) is 33.8 Å². The minimum Gasteiger partial charge on any atom is -0.410 e. The van der Waals surface area contributed by atoms with E-state index in [1.54, 1.807) is 6.92 Å². The number of hydrogen-bond acceptors (Lipinski definition) is 5. The topological polar surface area (TPSA) is 61.8 Å². The van der Waals surface area contributed by atoms with Gasteiger partial charge in [0.25, 0.3) is 0 Å². The summed E-state index contributed by atoms with van der Waals surface area (Å²) >= 11 is 11.7. The molecule has 2 rings (SSSR count). The summed E-state index contributed by atoms with van der Waals surface area (Å²) in [6.45, 7) is 3.80. The molecule has 1 saturated heterocycles. The minimum absolute atomic E-state index is 0.0760. The molecule has 0 bridgehead atoms.